The predicted octanol–water partition coefficient (Wildman–Crippen LogP) is 3.23. The second-order valence-corrected chi connectivity index (χ2v) is 7.85. The van der Waals surface area contributed by atoms with Crippen LogP contribution in [-0.2, 0) is 9.59 Å². The molecular formula is C20H24N2O5S. The molecule has 2 fully saturated rings. The lowest BCUT2D eigenvalue weighted by molar-refractivity contribution is -0.138. The fourth-order valence-electron chi connectivity index (χ4n) is 3.37. The normalized spacial score (nSPS) is 21.5. The molecule has 1 aromatic rings. The van der Waals surface area contributed by atoms with Gasteiger partial charge in [-0.1, -0.05) is 6.07 Å². The van der Waals surface area contributed by atoms with Crippen LogP contribution in [0.15, 0.2) is 23.1 Å². The standard InChI is InChI=1S/C20H24N2O5S/c1-3-27-16-10-14(7-8-15(16)23)11-17-19(25)22(20(26)28-17)12-18(24)21-9-5-4-6-13(21)2/h7-8,10-11,13,23H,3-6,9,12H2,1-2H3/b17-11-/t13-/m0/s1. The number of phenolic OH excluding ortho intramolecular Hbond substituents is 1. The van der Waals surface area contributed by atoms with Gasteiger partial charge in [0.1, 0.15) is 6.54 Å². The van der Waals surface area contributed by atoms with E-state index < -0.39 is 11.1 Å². The quantitative estimate of drug-likeness (QED) is 0.758. The average molecular weight is 404 g/mol. The average Bonchev–Trinajstić information content (AvgIpc) is 2.92. The van der Waals surface area contributed by atoms with Gasteiger partial charge >= 0.3 is 0 Å². The van der Waals surface area contributed by atoms with Crippen molar-refractivity contribution in [3.63, 3.8) is 0 Å². The summed E-state index contributed by atoms with van der Waals surface area (Å²) in [6.45, 7) is 4.62. The Morgan fingerprint density at radius 1 is 1.36 bits per heavy atom. The number of hydrogen-bond donors (Lipinski definition) is 1. The van der Waals surface area contributed by atoms with Crippen LogP contribution in [0.4, 0.5) is 4.79 Å². The Balaban J connectivity index is 1.73. The first-order chi connectivity index (χ1) is 13.4. The Hall–Kier alpha value is -2.48. The van der Waals surface area contributed by atoms with Crippen molar-refractivity contribution in [1.29, 1.82) is 0 Å². The minimum Gasteiger partial charge on any atom is -0.504 e. The molecule has 0 saturated carbocycles. The summed E-state index contributed by atoms with van der Waals surface area (Å²) in [5.41, 5.74) is 0.628. The van der Waals surface area contributed by atoms with E-state index in [9.17, 15) is 19.5 Å². The molecule has 0 aliphatic carbocycles. The Bertz CT molecular complexity index is 823. The van der Waals surface area contributed by atoms with Gasteiger partial charge in [0.25, 0.3) is 11.1 Å². The second kappa shape index (κ2) is 8.68. The summed E-state index contributed by atoms with van der Waals surface area (Å²) in [6, 6.07) is 4.84. The fourth-order valence-corrected chi connectivity index (χ4v) is 4.21. The maximum absolute atomic E-state index is 12.7. The lowest BCUT2D eigenvalue weighted by Crippen LogP contribution is -2.47. The molecule has 1 aromatic carbocycles. The second-order valence-electron chi connectivity index (χ2n) is 6.86. The number of aromatic hydroxyl groups is 1. The highest BCUT2D eigenvalue weighted by molar-refractivity contribution is 8.18. The van der Waals surface area contributed by atoms with E-state index in [1.54, 1.807) is 30.0 Å². The van der Waals surface area contributed by atoms with Crippen molar-refractivity contribution in [3.05, 3.63) is 28.7 Å². The van der Waals surface area contributed by atoms with Crippen molar-refractivity contribution in [3.8, 4) is 11.5 Å². The van der Waals surface area contributed by atoms with Gasteiger partial charge in [-0.25, -0.2) is 0 Å². The maximum atomic E-state index is 12.7. The number of imide groups is 1. The van der Waals surface area contributed by atoms with Crippen molar-refractivity contribution in [2.24, 2.45) is 0 Å². The molecule has 8 heteroatoms. The van der Waals surface area contributed by atoms with Crippen molar-refractivity contribution in [2.45, 2.75) is 39.2 Å². The van der Waals surface area contributed by atoms with Crippen molar-refractivity contribution in [1.82, 2.24) is 9.80 Å². The lowest BCUT2D eigenvalue weighted by atomic mass is 10.0. The number of nitrogens with zero attached hydrogens (tertiary/aromatic N) is 2. The summed E-state index contributed by atoms with van der Waals surface area (Å²) < 4.78 is 5.34. The number of benzene rings is 1. The zero-order valence-corrected chi connectivity index (χ0v) is 16.8. The van der Waals surface area contributed by atoms with Crippen LogP contribution in [-0.4, -0.2) is 57.7 Å². The third-order valence-electron chi connectivity index (χ3n) is 4.87. The molecule has 0 aromatic heterocycles. The number of carbonyl (C=O) groups is 3. The fraction of sp³-hybridized carbons (Fsp3) is 0.450. The van der Waals surface area contributed by atoms with Gasteiger partial charge in [-0.3, -0.25) is 19.3 Å². The summed E-state index contributed by atoms with van der Waals surface area (Å²) in [7, 11) is 0. The summed E-state index contributed by atoms with van der Waals surface area (Å²) in [5, 5.41) is 9.34. The molecule has 0 spiro atoms. The molecule has 2 saturated heterocycles. The number of thioether (sulfide) groups is 1. The SMILES string of the molecule is CCOc1cc(/C=C2\SC(=O)N(CC(=O)N3CCCC[C@@H]3C)C2=O)ccc1O. The van der Waals surface area contributed by atoms with Gasteiger partial charge in [-0.15, -0.1) is 0 Å². The first-order valence-electron chi connectivity index (χ1n) is 9.41. The molecule has 1 atom stereocenters. The summed E-state index contributed by atoms with van der Waals surface area (Å²) >= 11 is 0.814. The highest BCUT2D eigenvalue weighted by atomic mass is 32.2. The van der Waals surface area contributed by atoms with E-state index in [1.165, 1.54) is 6.07 Å². The van der Waals surface area contributed by atoms with Crippen LogP contribution in [0.5, 0.6) is 11.5 Å². The van der Waals surface area contributed by atoms with Crippen LogP contribution in [0.2, 0.25) is 0 Å². The van der Waals surface area contributed by atoms with Crippen LogP contribution in [0.25, 0.3) is 6.08 Å². The van der Waals surface area contributed by atoms with Crippen molar-refractivity contribution in [2.75, 3.05) is 19.7 Å². The number of ether oxygens (including phenoxy) is 1. The third kappa shape index (κ3) is 4.32. The zero-order chi connectivity index (χ0) is 20.3. The Morgan fingerprint density at radius 2 is 2.14 bits per heavy atom. The number of phenols is 1. The number of piperidine rings is 1. The number of carbonyl (C=O) groups excluding carboxylic acids is 3. The molecule has 0 unspecified atom stereocenters. The van der Waals surface area contributed by atoms with E-state index in [2.05, 4.69) is 0 Å². The van der Waals surface area contributed by atoms with Crippen LogP contribution in [0, 0.1) is 0 Å². The molecule has 3 rings (SSSR count). The molecule has 1 N–H and O–H groups in total. The van der Waals surface area contributed by atoms with Gasteiger partial charge in [0.15, 0.2) is 11.5 Å². The molecule has 2 aliphatic rings. The van der Waals surface area contributed by atoms with Crippen LogP contribution in [0.1, 0.15) is 38.7 Å². The molecule has 28 heavy (non-hydrogen) atoms. The van der Waals surface area contributed by atoms with Gasteiger partial charge in [0, 0.05) is 12.6 Å². The highest BCUT2D eigenvalue weighted by Gasteiger charge is 2.37. The van der Waals surface area contributed by atoms with E-state index in [-0.39, 0.29) is 29.1 Å². The predicted molar refractivity (Wildman–Crippen MR) is 107 cm³/mol. The topological polar surface area (TPSA) is 87.2 Å². The molecule has 0 bridgehead atoms. The number of amides is 3. The van der Waals surface area contributed by atoms with E-state index in [0.717, 1.165) is 35.9 Å². The van der Waals surface area contributed by atoms with E-state index in [1.807, 2.05) is 6.92 Å². The lowest BCUT2D eigenvalue weighted by Gasteiger charge is -2.34. The van der Waals surface area contributed by atoms with Crippen LogP contribution in [0.3, 0.4) is 0 Å². The Morgan fingerprint density at radius 3 is 2.86 bits per heavy atom. The van der Waals surface area contributed by atoms with Gasteiger partial charge in [0.05, 0.1) is 11.5 Å². The summed E-state index contributed by atoms with van der Waals surface area (Å²) in [5.74, 6) is -0.351. The van der Waals surface area contributed by atoms with Gasteiger partial charge in [-0.05, 0) is 68.6 Å². The number of rotatable bonds is 5. The van der Waals surface area contributed by atoms with Crippen molar-refractivity contribution >= 4 is 34.9 Å². The largest absolute Gasteiger partial charge is 0.504 e. The Kier molecular flexibility index (Phi) is 6.28. The van der Waals surface area contributed by atoms with Gasteiger partial charge in [0.2, 0.25) is 5.91 Å². The first-order valence-corrected chi connectivity index (χ1v) is 10.2. The molecule has 7 nitrogen and oxygen atoms in total. The van der Waals surface area contributed by atoms with Crippen molar-refractivity contribution < 1.29 is 24.2 Å². The molecular weight excluding hydrogens is 380 g/mol. The number of hydrogen-bond acceptors (Lipinski definition) is 6. The van der Waals surface area contributed by atoms with E-state index in [0.29, 0.717) is 24.5 Å². The minimum absolute atomic E-state index is 0.00773. The van der Waals surface area contributed by atoms with E-state index >= 15 is 0 Å². The molecule has 0 radical (unpaired) electrons. The van der Waals surface area contributed by atoms with Gasteiger partial charge in [-0.2, -0.15) is 0 Å². The molecule has 2 heterocycles. The first kappa shape index (κ1) is 20.3. The highest BCUT2D eigenvalue weighted by Crippen LogP contribution is 2.34. The Labute approximate surface area is 168 Å². The van der Waals surface area contributed by atoms with Crippen LogP contribution < -0.4 is 4.74 Å². The minimum atomic E-state index is -0.473. The van der Waals surface area contributed by atoms with E-state index in [4.69, 9.17) is 4.74 Å². The maximum Gasteiger partial charge on any atom is 0.294 e. The zero-order valence-electron chi connectivity index (χ0n) is 16.0. The summed E-state index contributed by atoms with van der Waals surface area (Å²) in [6.07, 6.45) is 4.55. The molecule has 150 valence electrons. The van der Waals surface area contributed by atoms with Crippen LogP contribution >= 0.6 is 11.8 Å². The monoisotopic (exact) mass is 404 g/mol. The third-order valence-corrected chi connectivity index (χ3v) is 5.78. The molecule has 3 amide bonds. The smallest absolute Gasteiger partial charge is 0.294 e. The number of likely N-dealkylation sites (tertiary alicyclic amines) is 1. The van der Waals surface area contributed by atoms with Gasteiger partial charge < -0.3 is 14.7 Å². The summed E-state index contributed by atoms with van der Waals surface area (Å²) in [4.78, 5) is 40.6. The molecule has 2 aliphatic heterocycles.